The van der Waals surface area contributed by atoms with E-state index in [2.05, 4.69) is 19.1 Å². The molecule has 0 radical (unpaired) electrons. The van der Waals surface area contributed by atoms with Crippen molar-refractivity contribution in [2.45, 2.75) is 27.3 Å². The Morgan fingerprint density at radius 2 is 1.96 bits per heavy atom. The first-order valence-corrected chi connectivity index (χ1v) is 8.73. The quantitative estimate of drug-likeness (QED) is 0.676. The third-order valence-electron chi connectivity index (χ3n) is 4.07. The Kier molecular flexibility index (Phi) is 4.53. The van der Waals surface area contributed by atoms with Gasteiger partial charge in [-0.05, 0) is 42.8 Å². The molecule has 0 N–H and O–H groups in total. The minimum absolute atomic E-state index is 0.0967. The van der Waals surface area contributed by atoms with Crippen molar-refractivity contribution in [1.82, 2.24) is 4.57 Å². The summed E-state index contributed by atoms with van der Waals surface area (Å²) in [5.41, 5.74) is 3.07. The van der Waals surface area contributed by atoms with Gasteiger partial charge in [-0.25, -0.2) is 4.79 Å². The van der Waals surface area contributed by atoms with Crippen LogP contribution >= 0.6 is 11.3 Å². The molecule has 1 aromatic carbocycles. The van der Waals surface area contributed by atoms with E-state index in [0.29, 0.717) is 11.9 Å². The van der Waals surface area contributed by atoms with Gasteiger partial charge in [-0.1, -0.05) is 24.3 Å². The van der Waals surface area contributed by atoms with E-state index < -0.39 is 5.97 Å². The molecule has 0 aliphatic rings. The van der Waals surface area contributed by atoms with Gasteiger partial charge in [0.15, 0.2) is 0 Å². The maximum atomic E-state index is 12.7. The lowest BCUT2D eigenvalue weighted by Gasteiger charge is -2.13. The van der Waals surface area contributed by atoms with E-state index >= 15 is 0 Å². The summed E-state index contributed by atoms with van der Waals surface area (Å²) in [7, 11) is 0. The van der Waals surface area contributed by atoms with Crippen LogP contribution in [0.25, 0.3) is 10.2 Å². The molecule has 124 valence electrons. The average molecular weight is 341 g/mol. The van der Waals surface area contributed by atoms with Gasteiger partial charge in [0.1, 0.15) is 10.4 Å². The molecule has 0 spiro atoms. The smallest absolute Gasteiger partial charge is 0.343 e. The number of hydrogen-bond donors (Lipinski definition) is 0. The molecule has 5 heteroatoms. The van der Waals surface area contributed by atoms with E-state index in [1.165, 1.54) is 16.9 Å². The second kappa shape index (κ2) is 6.61. The summed E-state index contributed by atoms with van der Waals surface area (Å²) >= 11 is 1.52. The molecule has 24 heavy (non-hydrogen) atoms. The fourth-order valence-electron chi connectivity index (χ4n) is 2.77. The van der Waals surface area contributed by atoms with E-state index in [-0.39, 0.29) is 17.6 Å². The minimum atomic E-state index is -0.562. The Morgan fingerprint density at radius 3 is 2.67 bits per heavy atom. The highest BCUT2D eigenvalue weighted by Crippen LogP contribution is 2.24. The van der Waals surface area contributed by atoms with Crippen molar-refractivity contribution >= 4 is 27.5 Å². The van der Waals surface area contributed by atoms with Crippen LogP contribution in [0.5, 0.6) is 0 Å². The number of rotatable bonds is 4. The van der Waals surface area contributed by atoms with Crippen molar-refractivity contribution in [2.75, 3.05) is 6.61 Å². The van der Waals surface area contributed by atoms with Gasteiger partial charge in [0.2, 0.25) is 5.43 Å². The Morgan fingerprint density at radius 1 is 1.21 bits per heavy atom. The van der Waals surface area contributed by atoms with Crippen LogP contribution in [0.3, 0.4) is 0 Å². The number of benzene rings is 1. The first-order valence-electron chi connectivity index (χ1n) is 7.85. The van der Waals surface area contributed by atoms with Crippen LogP contribution in [0.4, 0.5) is 0 Å². The predicted octanol–water partition coefficient (Wildman–Crippen LogP) is 3.90. The molecule has 0 aliphatic carbocycles. The lowest BCUT2D eigenvalue weighted by molar-refractivity contribution is 0.0524. The zero-order valence-corrected chi connectivity index (χ0v) is 14.8. The molecule has 2 aromatic heterocycles. The first-order chi connectivity index (χ1) is 11.5. The highest BCUT2D eigenvalue weighted by atomic mass is 32.1. The summed E-state index contributed by atoms with van der Waals surface area (Å²) in [4.78, 5) is 25.8. The van der Waals surface area contributed by atoms with Crippen molar-refractivity contribution in [3.05, 3.63) is 68.3 Å². The third kappa shape index (κ3) is 2.87. The minimum Gasteiger partial charge on any atom is -0.462 e. The van der Waals surface area contributed by atoms with Gasteiger partial charge in [0, 0.05) is 12.7 Å². The molecule has 0 bridgehead atoms. The van der Waals surface area contributed by atoms with Crippen molar-refractivity contribution in [1.29, 1.82) is 0 Å². The van der Waals surface area contributed by atoms with E-state index in [1.54, 1.807) is 13.1 Å². The topological polar surface area (TPSA) is 48.3 Å². The van der Waals surface area contributed by atoms with Gasteiger partial charge < -0.3 is 9.30 Å². The van der Waals surface area contributed by atoms with E-state index in [1.807, 2.05) is 29.0 Å². The number of pyridine rings is 1. The van der Waals surface area contributed by atoms with Crippen LogP contribution in [0.15, 0.2) is 40.6 Å². The van der Waals surface area contributed by atoms with Crippen LogP contribution in [0.1, 0.15) is 34.0 Å². The number of fused-ring (bicyclic) bond motifs is 1. The molecule has 0 unspecified atom stereocenters. The van der Waals surface area contributed by atoms with Crippen LogP contribution in [-0.4, -0.2) is 17.1 Å². The van der Waals surface area contributed by atoms with Crippen LogP contribution in [-0.2, 0) is 11.3 Å². The number of hydrogen-bond acceptors (Lipinski definition) is 4. The monoisotopic (exact) mass is 341 g/mol. The molecular formula is C19H19NO3S. The molecular weight excluding hydrogens is 322 g/mol. The van der Waals surface area contributed by atoms with E-state index in [9.17, 15) is 9.59 Å². The summed E-state index contributed by atoms with van der Waals surface area (Å²) in [5, 5.41) is 2.56. The SMILES string of the molecule is CCOC(=O)c1cn(Cc2ccccc2C)c2scc(C)c2c1=O. The van der Waals surface area contributed by atoms with Crippen molar-refractivity contribution in [3.8, 4) is 0 Å². The number of nitrogens with zero attached hydrogens (tertiary/aromatic N) is 1. The Hall–Kier alpha value is -2.40. The van der Waals surface area contributed by atoms with E-state index in [0.717, 1.165) is 16.0 Å². The summed E-state index contributed by atoms with van der Waals surface area (Å²) in [6, 6.07) is 8.11. The number of thiophene rings is 1. The molecule has 0 atom stereocenters. The average Bonchev–Trinajstić information content (AvgIpc) is 2.95. The largest absolute Gasteiger partial charge is 0.462 e. The number of carbonyl (C=O) groups excluding carboxylic acids is 1. The van der Waals surface area contributed by atoms with Gasteiger partial charge in [-0.15, -0.1) is 11.3 Å². The second-order valence-electron chi connectivity index (χ2n) is 5.75. The van der Waals surface area contributed by atoms with Gasteiger partial charge in [0.25, 0.3) is 0 Å². The molecule has 0 saturated heterocycles. The van der Waals surface area contributed by atoms with Crippen molar-refractivity contribution in [3.63, 3.8) is 0 Å². The fourth-order valence-corrected chi connectivity index (χ4v) is 3.80. The Balaban J connectivity index is 2.20. The summed E-state index contributed by atoms with van der Waals surface area (Å²) in [6.45, 7) is 6.54. The zero-order chi connectivity index (χ0) is 17.3. The number of aryl methyl sites for hydroxylation is 2. The third-order valence-corrected chi connectivity index (χ3v) is 5.20. The van der Waals surface area contributed by atoms with Gasteiger partial charge >= 0.3 is 5.97 Å². The van der Waals surface area contributed by atoms with Crippen LogP contribution in [0, 0.1) is 13.8 Å². The van der Waals surface area contributed by atoms with E-state index in [4.69, 9.17) is 4.74 Å². The number of aromatic nitrogens is 1. The van der Waals surface area contributed by atoms with Crippen LogP contribution < -0.4 is 5.43 Å². The zero-order valence-electron chi connectivity index (χ0n) is 14.0. The maximum Gasteiger partial charge on any atom is 0.343 e. The maximum absolute atomic E-state index is 12.7. The predicted molar refractivity (Wildman–Crippen MR) is 97.1 cm³/mol. The molecule has 0 saturated carbocycles. The molecule has 2 heterocycles. The summed E-state index contributed by atoms with van der Waals surface area (Å²) in [5.74, 6) is -0.562. The lowest BCUT2D eigenvalue weighted by atomic mass is 10.1. The van der Waals surface area contributed by atoms with Crippen molar-refractivity contribution < 1.29 is 9.53 Å². The lowest BCUT2D eigenvalue weighted by Crippen LogP contribution is -2.21. The molecule has 3 aromatic rings. The molecule has 0 amide bonds. The molecule has 4 nitrogen and oxygen atoms in total. The van der Waals surface area contributed by atoms with Gasteiger partial charge in [-0.3, -0.25) is 4.79 Å². The second-order valence-corrected chi connectivity index (χ2v) is 6.60. The Bertz CT molecular complexity index is 968. The highest BCUT2D eigenvalue weighted by molar-refractivity contribution is 7.17. The summed E-state index contributed by atoms with van der Waals surface area (Å²) in [6.07, 6.45) is 1.63. The Labute approximate surface area is 144 Å². The molecule has 0 aliphatic heterocycles. The standard InChI is InChI=1S/C19H19NO3S/c1-4-23-19(22)15-10-20(9-14-8-6-5-7-12(14)2)18-16(17(15)21)13(3)11-24-18/h5-8,10-11H,4,9H2,1-3H3. The van der Waals surface area contributed by atoms with Gasteiger partial charge in [0.05, 0.1) is 12.0 Å². The normalized spacial score (nSPS) is 11.0. The molecule has 3 rings (SSSR count). The van der Waals surface area contributed by atoms with Gasteiger partial charge in [-0.2, -0.15) is 0 Å². The van der Waals surface area contributed by atoms with Crippen molar-refractivity contribution in [2.24, 2.45) is 0 Å². The molecule has 0 fully saturated rings. The number of ether oxygens (including phenoxy) is 1. The number of carbonyl (C=O) groups is 1. The van der Waals surface area contributed by atoms with Crippen LogP contribution in [0.2, 0.25) is 0 Å². The highest BCUT2D eigenvalue weighted by Gasteiger charge is 2.19. The number of esters is 1. The first kappa shape index (κ1) is 16.5. The fraction of sp³-hybridized carbons (Fsp3) is 0.263. The summed E-state index contributed by atoms with van der Waals surface area (Å²) < 4.78 is 7.03.